The Labute approximate surface area is 65.3 Å². The van der Waals surface area contributed by atoms with Crippen molar-refractivity contribution < 1.29 is 0 Å². The zero-order valence-corrected chi connectivity index (χ0v) is 6.23. The summed E-state index contributed by atoms with van der Waals surface area (Å²) in [6, 6.07) is 7.88. The monoisotopic (exact) mass is 144 g/mol. The molecule has 53 valence electrons. The van der Waals surface area contributed by atoms with Crippen LogP contribution in [0.1, 0.15) is 0 Å². The van der Waals surface area contributed by atoms with Gasteiger partial charge in [0.15, 0.2) is 0 Å². The highest BCUT2D eigenvalue weighted by atomic mass is 15.4. The van der Waals surface area contributed by atoms with Crippen LogP contribution in [-0.2, 0) is 0 Å². The summed E-state index contributed by atoms with van der Waals surface area (Å²) < 4.78 is 1.76. The van der Waals surface area contributed by atoms with Gasteiger partial charge in [-0.25, -0.2) is 0 Å². The Balaban J connectivity index is 2.76. The van der Waals surface area contributed by atoms with Crippen LogP contribution in [0.3, 0.4) is 0 Å². The molecule has 0 fully saturated rings. The van der Waals surface area contributed by atoms with Gasteiger partial charge in [-0.05, 0) is 12.1 Å². The second-order valence-corrected chi connectivity index (χ2v) is 2.28. The van der Waals surface area contributed by atoms with Gasteiger partial charge in [0.2, 0.25) is 0 Å². The summed E-state index contributed by atoms with van der Waals surface area (Å²) in [5.41, 5.74) is 1.99. The van der Waals surface area contributed by atoms with E-state index in [2.05, 4.69) is 10.3 Å². The van der Waals surface area contributed by atoms with Crippen LogP contribution in [0.15, 0.2) is 24.3 Å². The Morgan fingerprint density at radius 3 is 3.00 bits per heavy atom. The molecule has 0 spiro atoms. The van der Waals surface area contributed by atoms with Crippen LogP contribution < -0.4 is 0 Å². The maximum atomic E-state index is 3.97. The molecule has 0 bridgehead atoms. The molecule has 0 amide bonds. The second-order valence-electron chi connectivity index (χ2n) is 2.28. The maximum absolute atomic E-state index is 3.97. The van der Waals surface area contributed by atoms with Gasteiger partial charge in [-0.3, -0.25) is 4.59 Å². The highest BCUT2D eigenvalue weighted by Crippen LogP contribution is 2.07. The van der Waals surface area contributed by atoms with E-state index in [4.69, 9.17) is 0 Å². The van der Waals surface area contributed by atoms with E-state index < -0.39 is 0 Å². The van der Waals surface area contributed by atoms with Crippen LogP contribution >= 0.6 is 0 Å². The number of nitrogens with zero attached hydrogens (tertiary/aromatic N) is 3. The van der Waals surface area contributed by atoms with Crippen molar-refractivity contribution in [3.63, 3.8) is 0 Å². The van der Waals surface area contributed by atoms with E-state index in [1.54, 1.807) is 4.59 Å². The van der Waals surface area contributed by atoms with Gasteiger partial charge in [-0.2, -0.15) is 0 Å². The molecule has 0 unspecified atom stereocenters. The fraction of sp³-hybridized carbons (Fsp3) is 0.143. The summed E-state index contributed by atoms with van der Waals surface area (Å²) in [6.45, 7) is 1.93. The highest BCUT2D eigenvalue weighted by Gasteiger charge is 1.99. The van der Waals surface area contributed by atoms with Gasteiger partial charge in [0, 0.05) is 0 Å². The van der Waals surface area contributed by atoms with Crippen molar-refractivity contribution in [1.29, 1.82) is 0 Å². The third-order valence-electron chi connectivity index (χ3n) is 1.62. The molecule has 1 radical (unpaired) electrons. The number of rotatable bonds is 1. The molecule has 0 N–H and O–H groups in total. The van der Waals surface area contributed by atoms with Crippen molar-refractivity contribution in [2.45, 2.75) is 6.82 Å². The number of fused-ring (bicyclic) bond motifs is 1. The Morgan fingerprint density at radius 2 is 2.18 bits per heavy atom. The summed E-state index contributed by atoms with van der Waals surface area (Å²) in [5.74, 6) is 0. The molecule has 2 aromatic rings. The first-order valence-corrected chi connectivity index (χ1v) is 3.51. The molecular formula is C7H7BN3. The molecule has 11 heavy (non-hydrogen) atoms. The van der Waals surface area contributed by atoms with Crippen molar-refractivity contribution in [2.75, 3.05) is 0 Å². The fourth-order valence-electron chi connectivity index (χ4n) is 1.08. The minimum absolute atomic E-state index is 0.936. The van der Waals surface area contributed by atoms with E-state index >= 15 is 0 Å². The van der Waals surface area contributed by atoms with Gasteiger partial charge in [0.05, 0.1) is 5.52 Å². The molecule has 0 atom stereocenters. The first-order chi connectivity index (χ1) is 5.42. The predicted molar refractivity (Wildman–Crippen MR) is 44.5 cm³/mol. The highest BCUT2D eigenvalue weighted by molar-refractivity contribution is 6.32. The van der Waals surface area contributed by atoms with E-state index in [9.17, 15) is 0 Å². The maximum Gasteiger partial charge on any atom is 0.279 e. The quantitative estimate of drug-likeness (QED) is 0.557. The summed E-state index contributed by atoms with van der Waals surface area (Å²) in [7, 11) is 1.88. The summed E-state index contributed by atoms with van der Waals surface area (Å²) in [5, 5.41) is 7.90. The summed E-state index contributed by atoms with van der Waals surface area (Å²) >= 11 is 0. The topological polar surface area (TPSA) is 30.7 Å². The molecule has 1 aromatic carbocycles. The molecule has 0 aliphatic heterocycles. The first-order valence-electron chi connectivity index (χ1n) is 3.51. The van der Waals surface area contributed by atoms with E-state index in [1.165, 1.54) is 0 Å². The van der Waals surface area contributed by atoms with Crippen LogP contribution in [0.5, 0.6) is 0 Å². The molecule has 0 aliphatic carbocycles. The van der Waals surface area contributed by atoms with Crippen molar-refractivity contribution in [3.05, 3.63) is 24.3 Å². The Bertz CT molecular complexity index is 368. The minimum atomic E-state index is 0.936. The average Bonchev–Trinajstić information content (AvgIpc) is 2.47. The van der Waals surface area contributed by atoms with Crippen LogP contribution in [0.25, 0.3) is 11.0 Å². The zero-order valence-electron chi connectivity index (χ0n) is 6.23. The number of hydrogen-bond donors (Lipinski definition) is 0. The van der Waals surface area contributed by atoms with Crippen molar-refractivity contribution in [1.82, 2.24) is 14.9 Å². The van der Waals surface area contributed by atoms with Gasteiger partial charge >= 0.3 is 0 Å². The molecule has 0 aliphatic rings. The normalized spacial score (nSPS) is 10.3. The van der Waals surface area contributed by atoms with Crippen LogP contribution in [-0.4, -0.2) is 22.3 Å². The standard InChI is InChI=1S/C7H7BN3/c1-8-11-7-5-3-2-4-6(7)9-10-11/h2-5H,1H3. The van der Waals surface area contributed by atoms with Gasteiger partial charge in [0.1, 0.15) is 5.52 Å². The SMILES string of the molecule is C[B]n1nnc2ccccc21. The Hall–Kier alpha value is -1.32. The first kappa shape index (κ1) is 6.40. The predicted octanol–water partition coefficient (Wildman–Crippen LogP) is 0.947. The third kappa shape index (κ3) is 0.907. The van der Waals surface area contributed by atoms with Crippen molar-refractivity contribution in [2.24, 2.45) is 0 Å². The van der Waals surface area contributed by atoms with E-state index in [1.807, 2.05) is 38.5 Å². The second kappa shape index (κ2) is 2.38. The Morgan fingerprint density at radius 1 is 1.36 bits per heavy atom. The zero-order chi connectivity index (χ0) is 7.68. The van der Waals surface area contributed by atoms with Crippen LogP contribution in [0, 0.1) is 0 Å². The lowest BCUT2D eigenvalue weighted by Crippen LogP contribution is -2.02. The average molecular weight is 144 g/mol. The van der Waals surface area contributed by atoms with Crippen molar-refractivity contribution in [3.8, 4) is 0 Å². The summed E-state index contributed by atoms with van der Waals surface area (Å²) in [6.07, 6.45) is 0. The molecule has 1 heterocycles. The number of benzene rings is 1. The number of para-hydroxylation sites is 1. The number of aromatic nitrogens is 3. The molecular weight excluding hydrogens is 137 g/mol. The van der Waals surface area contributed by atoms with Gasteiger partial charge in [-0.1, -0.05) is 24.2 Å². The van der Waals surface area contributed by atoms with Gasteiger partial charge in [0.25, 0.3) is 7.41 Å². The summed E-state index contributed by atoms with van der Waals surface area (Å²) in [4.78, 5) is 0. The lowest BCUT2D eigenvalue weighted by atomic mass is 10.0. The van der Waals surface area contributed by atoms with Crippen molar-refractivity contribution >= 4 is 18.4 Å². The lowest BCUT2D eigenvalue weighted by Gasteiger charge is -1.92. The Kier molecular flexibility index (Phi) is 1.38. The third-order valence-corrected chi connectivity index (χ3v) is 1.62. The number of hydrogen-bond acceptors (Lipinski definition) is 2. The molecule has 1 aromatic heterocycles. The largest absolute Gasteiger partial charge is 0.297 e. The van der Waals surface area contributed by atoms with E-state index in [-0.39, 0.29) is 0 Å². The van der Waals surface area contributed by atoms with E-state index in [0.29, 0.717) is 0 Å². The van der Waals surface area contributed by atoms with Gasteiger partial charge < -0.3 is 0 Å². The lowest BCUT2D eigenvalue weighted by molar-refractivity contribution is 0.889. The molecule has 0 saturated heterocycles. The molecule has 4 heteroatoms. The van der Waals surface area contributed by atoms with Crippen LogP contribution in [0.2, 0.25) is 6.82 Å². The fourth-order valence-corrected chi connectivity index (χ4v) is 1.08. The smallest absolute Gasteiger partial charge is 0.279 e. The molecule has 0 saturated carbocycles. The molecule has 2 rings (SSSR count). The van der Waals surface area contributed by atoms with E-state index in [0.717, 1.165) is 11.0 Å². The van der Waals surface area contributed by atoms with Gasteiger partial charge in [-0.15, -0.1) is 5.10 Å². The minimum Gasteiger partial charge on any atom is -0.297 e. The molecule has 3 nitrogen and oxygen atoms in total. The van der Waals surface area contributed by atoms with Crippen LogP contribution in [0.4, 0.5) is 0 Å².